The number of rotatable bonds is 3. The van der Waals surface area contributed by atoms with Gasteiger partial charge < -0.3 is 5.11 Å². The molecule has 4 rings (SSSR count). The summed E-state index contributed by atoms with van der Waals surface area (Å²) in [5.74, 6) is 0.463. The van der Waals surface area contributed by atoms with E-state index in [2.05, 4.69) is 22.0 Å². The van der Waals surface area contributed by atoms with Gasteiger partial charge in [0.25, 0.3) is 0 Å². The van der Waals surface area contributed by atoms with Crippen molar-refractivity contribution in [2.75, 3.05) is 0 Å². The number of aromatic nitrogens is 4. The van der Waals surface area contributed by atoms with Crippen molar-refractivity contribution in [2.24, 2.45) is 5.92 Å². The van der Waals surface area contributed by atoms with Crippen molar-refractivity contribution in [1.82, 2.24) is 19.6 Å². The second kappa shape index (κ2) is 5.01. The molecule has 0 unspecified atom stereocenters. The molecular weight excluding hydrogens is 300 g/mol. The fourth-order valence-corrected chi connectivity index (χ4v) is 4.45. The summed E-state index contributed by atoms with van der Waals surface area (Å²) < 4.78 is 1.69. The van der Waals surface area contributed by atoms with Gasteiger partial charge in [-0.2, -0.15) is 0 Å². The van der Waals surface area contributed by atoms with E-state index >= 15 is 0 Å². The molecule has 7 heteroatoms. The normalized spacial score (nSPS) is 18.0. The summed E-state index contributed by atoms with van der Waals surface area (Å²) in [5, 5.41) is 14.3. The molecule has 1 N–H and O–H groups in total. The SMILES string of the molecule is C[C@H]1CCc2c(sc3ncn4nc(CCC(=O)O)nc4c23)C1. The minimum Gasteiger partial charge on any atom is -0.481 e. The molecule has 0 saturated carbocycles. The summed E-state index contributed by atoms with van der Waals surface area (Å²) in [6, 6.07) is 0. The lowest BCUT2D eigenvalue weighted by Crippen LogP contribution is -2.08. The van der Waals surface area contributed by atoms with Crippen LogP contribution in [0.1, 0.15) is 36.0 Å². The first kappa shape index (κ1) is 13.6. The highest BCUT2D eigenvalue weighted by Crippen LogP contribution is 2.38. The van der Waals surface area contributed by atoms with Gasteiger partial charge in [-0.15, -0.1) is 16.4 Å². The highest BCUT2D eigenvalue weighted by Gasteiger charge is 2.23. The number of carboxylic acids is 1. The third-order valence-corrected chi connectivity index (χ3v) is 5.40. The first-order valence-corrected chi connectivity index (χ1v) is 8.29. The van der Waals surface area contributed by atoms with Gasteiger partial charge in [-0.05, 0) is 30.7 Å². The maximum absolute atomic E-state index is 10.7. The largest absolute Gasteiger partial charge is 0.481 e. The first-order valence-electron chi connectivity index (χ1n) is 7.48. The Morgan fingerprint density at radius 2 is 2.41 bits per heavy atom. The molecule has 1 aliphatic rings. The highest BCUT2D eigenvalue weighted by atomic mass is 32.1. The van der Waals surface area contributed by atoms with E-state index in [4.69, 9.17) is 5.11 Å². The van der Waals surface area contributed by atoms with Crippen molar-refractivity contribution in [1.29, 1.82) is 0 Å². The number of thiophene rings is 1. The van der Waals surface area contributed by atoms with E-state index in [1.165, 1.54) is 16.9 Å². The minimum absolute atomic E-state index is 0.0483. The molecule has 6 nitrogen and oxygen atoms in total. The van der Waals surface area contributed by atoms with Crippen LogP contribution < -0.4 is 0 Å². The van der Waals surface area contributed by atoms with E-state index < -0.39 is 5.97 Å². The molecule has 0 radical (unpaired) electrons. The maximum Gasteiger partial charge on any atom is 0.303 e. The fraction of sp³-hybridized carbons (Fsp3) is 0.467. The number of hydrogen-bond donors (Lipinski definition) is 1. The first-order chi connectivity index (χ1) is 10.6. The zero-order chi connectivity index (χ0) is 15.3. The van der Waals surface area contributed by atoms with Gasteiger partial charge >= 0.3 is 5.97 Å². The zero-order valence-electron chi connectivity index (χ0n) is 12.2. The Balaban J connectivity index is 1.85. The molecule has 0 aromatic carbocycles. The van der Waals surface area contributed by atoms with E-state index in [1.54, 1.807) is 22.2 Å². The van der Waals surface area contributed by atoms with Gasteiger partial charge in [0.05, 0.1) is 11.8 Å². The van der Waals surface area contributed by atoms with E-state index in [9.17, 15) is 4.79 Å². The van der Waals surface area contributed by atoms with Gasteiger partial charge in [-0.3, -0.25) is 4.79 Å². The maximum atomic E-state index is 10.7. The van der Waals surface area contributed by atoms with E-state index in [1.807, 2.05) is 0 Å². The summed E-state index contributed by atoms with van der Waals surface area (Å²) in [4.78, 5) is 22.2. The highest BCUT2D eigenvalue weighted by molar-refractivity contribution is 7.19. The van der Waals surface area contributed by atoms with Crippen LogP contribution in [-0.4, -0.2) is 30.7 Å². The van der Waals surface area contributed by atoms with E-state index in [0.717, 1.165) is 34.6 Å². The van der Waals surface area contributed by atoms with Crippen molar-refractivity contribution in [3.63, 3.8) is 0 Å². The molecule has 3 aromatic heterocycles. The average molecular weight is 316 g/mol. The van der Waals surface area contributed by atoms with Crippen LogP contribution in [0.25, 0.3) is 15.9 Å². The lowest BCUT2D eigenvalue weighted by Gasteiger charge is -2.17. The smallest absolute Gasteiger partial charge is 0.303 e. The summed E-state index contributed by atoms with van der Waals surface area (Å²) in [5.41, 5.74) is 2.19. The lowest BCUT2D eigenvalue weighted by molar-refractivity contribution is -0.137. The van der Waals surface area contributed by atoms with Gasteiger partial charge in [0.15, 0.2) is 11.5 Å². The predicted molar refractivity (Wildman–Crippen MR) is 83.3 cm³/mol. The number of hydrogen-bond acceptors (Lipinski definition) is 5. The Labute approximate surface area is 130 Å². The molecule has 0 saturated heterocycles. The molecule has 1 aliphatic carbocycles. The van der Waals surface area contributed by atoms with Gasteiger partial charge in [0.1, 0.15) is 11.2 Å². The van der Waals surface area contributed by atoms with E-state index in [-0.39, 0.29) is 6.42 Å². The van der Waals surface area contributed by atoms with Crippen LogP contribution in [0.15, 0.2) is 6.33 Å². The summed E-state index contributed by atoms with van der Waals surface area (Å²) in [7, 11) is 0. The van der Waals surface area contributed by atoms with Crippen molar-refractivity contribution in [3.8, 4) is 0 Å². The number of nitrogens with zero attached hydrogens (tertiary/aromatic N) is 4. The Morgan fingerprint density at radius 1 is 1.55 bits per heavy atom. The van der Waals surface area contributed by atoms with Crippen LogP contribution in [-0.2, 0) is 24.1 Å². The van der Waals surface area contributed by atoms with Gasteiger partial charge in [0.2, 0.25) is 0 Å². The summed E-state index contributed by atoms with van der Waals surface area (Å²) in [6.45, 7) is 2.29. The van der Waals surface area contributed by atoms with Crippen molar-refractivity contribution in [3.05, 3.63) is 22.6 Å². The Hall–Kier alpha value is -2.02. The fourth-order valence-electron chi connectivity index (χ4n) is 3.11. The Kier molecular flexibility index (Phi) is 3.11. The molecule has 0 amide bonds. The molecule has 3 aromatic rings. The van der Waals surface area contributed by atoms with Crippen LogP contribution in [0.4, 0.5) is 0 Å². The quantitative estimate of drug-likeness (QED) is 0.803. The molecule has 1 atom stereocenters. The average Bonchev–Trinajstić information content (AvgIpc) is 3.03. The molecule has 0 bridgehead atoms. The summed E-state index contributed by atoms with van der Waals surface area (Å²) in [6.07, 6.45) is 5.45. The topological polar surface area (TPSA) is 80.4 Å². The molecular formula is C15H16N4O2S. The number of carboxylic acid groups (broad SMARTS) is 1. The Bertz CT molecular complexity index is 883. The predicted octanol–water partition coefficient (Wildman–Crippen LogP) is 2.48. The third kappa shape index (κ3) is 2.16. The molecule has 3 heterocycles. The standard InChI is InChI=1S/C15H16N4O2S/c1-8-2-3-9-10(6-8)22-15-13(9)14-17-11(4-5-12(20)21)18-19(14)7-16-15/h7-8H,2-6H2,1H3,(H,20,21)/t8-/m0/s1. The Morgan fingerprint density at radius 3 is 3.23 bits per heavy atom. The number of fused-ring (bicyclic) bond motifs is 5. The molecule has 0 aliphatic heterocycles. The van der Waals surface area contributed by atoms with Crippen LogP contribution >= 0.6 is 11.3 Å². The van der Waals surface area contributed by atoms with Crippen LogP contribution in [0.2, 0.25) is 0 Å². The minimum atomic E-state index is -0.830. The van der Waals surface area contributed by atoms with Gasteiger partial charge in [-0.1, -0.05) is 6.92 Å². The van der Waals surface area contributed by atoms with Crippen molar-refractivity contribution < 1.29 is 9.90 Å². The van der Waals surface area contributed by atoms with Gasteiger partial charge in [0, 0.05) is 11.3 Å². The van der Waals surface area contributed by atoms with Gasteiger partial charge in [-0.25, -0.2) is 14.5 Å². The number of carbonyl (C=O) groups is 1. The zero-order valence-corrected chi connectivity index (χ0v) is 13.1. The number of aliphatic carboxylic acids is 1. The molecule has 0 fully saturated rings. The monoisotopic (exact) mass is 316 g/mol. The lowest BCUT2D eigenvalue weighted by atomic mass is 9.89. The molecule has 0 spiro atoms. The van der Waals surface area contributed by atoms with Crippen molar-refractivity contribution in [2.45, 2.75) is 39.0 Å². The van der Waals surface area contributed by atoms with Crippen LogP contribution in [0.5, 0.6) is 0 Å². The summed E-state index contributed by atoms with van der Waals surface area (Å²) >= 11 is 1.76. The second-order valence-electron chi connectivity index (χ2n) is 5.97. The number of aryl methyl sites for hydroxylation is 2. The van der Waals surface area contributed by atoms with E-state index in [0.29, 0.717) is 12.2 Å². The third-order valence-electron chi connectivity index (χ3n) is 4.24. The van der Waals surface area contributed by atoms with Crippen LogP contribution in [0.3, 0.4) is 0 Å². The second-order valence-corrected chi connectivity index (χ2v) is 7.05. The molecule has 22 heavy (non-hydrogen) atoms. The van der Waals surface area contributed by atoms with Crippen molar-refractivity contribution >= 4 is 33.2 Å². The molecule has 114 valence electrons. The van der Waals surface area contributed by atoms with Crippen LogP contribution in [0, 0.1) is 5.92 Å².